The van der Waals surface area contributed by atoms with E-state index in [-0.39, 0.29) is 6.61 Å². The molecule has 7 heteroatoms. The van der Waals surface area contributed by atoms with Crippen molar-refractivity contribution in [2.45, 2.75) is 6.61 Å². The summed E-state index contributed by atoms with van der Waals surface area (Å²) in [5.74, 6) is 0. The maximum atomic E-state index is 10.6. The number of nitrogens with zero attached hydrogens (tertiary/aromatic N) is 1. The normalized spacial score (nSPS) is 11.8. The van der Waals surface area contributed by atoms with Crippen LogP contribution in [0.3, 0.4) is 0 Å². The fraction of sp³-hybridized carbons (Fsp3) is 0.400. The van der Waals surface area contributed by atoms with Crippen LogP contribution in [0.25, 0.3) is 0 Å². The van der Waals surface area contributed by atoms with E-state index in [2.05, 4.69) is 25.1 Å². The molecule has 0 spiro atoms. The predicted octanol–water partition coefficient (Wildman–Crippen LogP) is 1.38. The summed E-state index contributed by atoms with van der Waals surface area (Å²) in [7, 11) is -3.35. The zero-order valence-electron chi connectivity index (χ0n) is 6.15. The van der Waals surface area contributed by atoms with Crippen molar-refractivity contribution in [3.8, 4) is 0 Å². The Kier molecular flexibility index (Phi) is 3.22. The molecule has 0 N–H and O–H groups in total. The van der Waals surface area contributed by atoms with E-state index >= 15 is 0 Å². The van der Waals surface area contributed by atoms with Crippen molar-refractivity contribution in [3.05, 3.63) is 15.0 Å². The van der Waals surface area contributed by atoms with Crippen LogP contribution in [0.4, 0.5) is 0 Å². The third-order valence-corrected chi connectivity index (χ3v) is 2.94. The second-order valence-corrected chi connectivity index (χ2v) is 6.08. The highest BCUT2D eigenvalue weighted by Gasteiger charge is 2.04. The number of hydrogen-bond donors (Lipinski definition) is 0. The molecule has 0 fully saturated rings. The summed E-state index contributed by atoms with van der Waals surface area (Å²) in [4.78, 5) is 4.65. The molecule has 0 radical (unpaired) electrons. The number of halogens is 1. The van der Waals surface area contributed by atoms with E-state index in [0.29, 0.717) is 0 Å². The molecule has 0 saturated heterocycles. The van der Waals surface area contributed by atoms with Gasteiger partial charge in [0.25, 0.3) is 10.1 Å². The first-order valence-corrected chi connectivity index (χ1v) is 6.34. The van der Waals surface area contributed by atoms with Gasteiger partial charge in [-0.1, -0.05) is 0 Å². The second-order valence-electron chi connectivity index (χ2n) is 2.05. The Morgan fingerprint density at radius 2 is 2.42 bits per heavy atom. The lowest BCUT2D eigenvalue weighted by Crippen LogP contribution is -2.01. The summed E-state index contributed by atoms with van der Waals surface area (Å²) in [5.41, 5.74) is 0. The summed E-state index contributed by atoms with van der Waals surface area (Å²) in [6.45, 7) is 0.0576. The largest absolute Gasteiger partial charge is 0.265 e. The summed E-state index contributed by atoms with van der Waals surface area (Å²) in [6.07, 6.45) is 2.59. The van der Waals surface area contributed by atoms with Gasteiger partial charge in [-0.05, 0) is 15.9 Å². The smallest absolute Gasteiger partial charge is 0.264 e. The van der Waals surface area contributed by atoms with E-state index in [1.54, 1.807) is 6.20 Å². The molecule has 68 valence electrons. The van der Waals surface area contributed by atoms with Gasteiger partial charge in [0.05, 0.1) is 11.1 Å². The van der Waals surface area contributed by atoms with Crippen LogP contribution in [-0.4, -0.2) is 19.7 Å². The molecular weight excluding hydrogens is 266 g/mol. The zero-order chi connectivity index (χ0) is 9.19. The molecule has 0 unspecified atom stereocenters. The molecule has 1 aromatic rings. The number of aromatic nitrogens is 1. The Bertz CT molecular complexity index is 359. The van der Waals surface area contributed by atoms with E-state index < -0.39 is 10.1 Å². The molecule has 1 aromatic heterocycles. The molecule has 4 nitrogen and oxygen atoms in total. The lowest BCUT2D eigenvalue weighted by atomic mass is 10.6. The number of rotatable bonds is 3. The van der Waals surface area contributed by atoms with Crippen LogP contribution in [0.2, 0.25) is 0 Å². The molecule has 0 aliphatic rings. The topological polar surface area (TPSA) is 56.3 Å². The van der Waals surface area contributed by atoms with Gasteiger partial charge in [-0.15, -0.1) is 11.3 Å². The maximum absolute atomic E-state index is 10.6. The highest BCUT2D eigenvalue weighted by atomic mass is 79.9. The van der Waals surface area contributed by atoms with Gasteiger partial charge in [0.15, 0.2) is 3.92 Å². The van der Waals surface area contributed by atoms with Crippen molar-refractivity contribution >= 4 is 37.4 Å². The van der Waals surface area contributed by atoms with Gasteiger partial charge in [0.1, 0.15) is 6.61 Å². The summed E-state index contributed by atoms with van der Waals surface area (Å²) < 4.78 is 26.4. The van der Waals surface area contributed by atoms with Gasteiger partial charge in [-0.3, -0.25) is 4.18 Å². The van der Waals surface area contributed by atoms with E-state index in [4.69, 9.17) is 0 Å². The minimum atomic E-state index is -3.35. The quantitative estimate of drug-likeness (QED) is 0.780. The first-order valence-electron chi connectivity index (χ1n) is 2.92. The van der Waals surface area contributed by atoms with Crippen molar-refractivity contribution < 1.29 is 12.6 Å². The Morgan fingerprint density at radius 3 is 2.83 bits per heavy atom. The SMILES string of the molecule is CS(=O)(=O)OCc1cnc(Br)s1. The minimum Gasteiger partial charge on any atom is -0.265 e. The van der Waals surface area contributed by atoms with Gasteiger partial charge in [0.2, 0.25) is 0 Å². The molecule has 0 atom stereocenters. The molecule has 0 amide bonds. The van der Waals surface area contributed by atoms with E-state index in [1.807, 2.05) is 0 Å². The van der Waals surface area contributed by atoms with Gasteiger partial charge >= 0.3 is 0 Å². The molecule has 0 bridgehead atoms. The van der Waals surface area contributed by atoms with Crippen LogP contribution < -0.4 is 0 Å². The van der Waals surface area contributed by atoms with Crippen molar-refractivity contribution in [2.24, 2.45) is 0 Å². The van der Waals surface area contributed by atoms with Crippen molar-refractivity contribution in [1.29, 1.82) is 0 Å². The molecule has 1 heterocycles. The van der Waals surface area contributed by atoms with Crippen LogP contribution in [0.5, 0.6) is 0 Å². The van der Waals surface area contributed by atoms with Crippen LogP contribution in [0, 0.1) is 0 Å². The van der Waals surface area contributed by atoms with E-state index in [9.17, 15) is 8.42 Å². The molecule has 0 aliphatic carbocycles. The summed E-state index contributed by atoms with van der Waals surface area (Å²) in [6, 6.07) is 0. The first-order chi connectivity index (χ1) is 5.47. The standard InChI is InChI=1S/C5H6BrNO3S2/c1-12(8,9)10-3-4-2-7-5(6)11-4/h2H,3H2,1H3. The highest BCUT2D eigenvalue weighted by Crippen LogP contribution is 2.19. The van der Waals surface area contributed by atoms with Crippen LogP contribution >= 0.6 is 27.3 Å². The van der Waals surface area contributed by atoms with Gasteiger partial charge in [0, 0.05) is 6.20 Å². The molecule has 12 heavy (non-hydrogen) atoms. The van der Waals surface area contributed by atoms with Gasteiger partial charge in [-0.2, -0.15) is 8.42 Å². The van der Waals surface area contributed by atoms with Crippen LogP contribution in [0.15, 0.2) is 10.1 Å². The van der Waals surface area contributed by atoms with Crippen LogP contribution in [0.1, 0.15) is 4.88 Å². The highest BCUT2D eigenvalue weighted by molar-refractivity contribution is 9.11. The molecular formula is C5H6BrNO3S2. The van der Waals surface area contributed by atoms with Crippen molar-refractivity contribution in [2.75, 3.05) is 6.26 Å². The Labute approximate surface area is 82.8 Å². The average Bonchev–Trinajstić information content (AvgIpc) is 2.30. The third kappa shape index (κ3) is 3.61. The monoisotopic (exact) mass is 271 g/mol. The van der Waals surface area contributed by atoms with E-state index in [0.717, 1.165) is 15.0 Å². The minimum absolute atomic E-state index is 0.0576. The Balaban J connectivity index is 2.55. The lowest BCUT2D eigenvalue weighted by Gasteiger charge is -1.95. The molecule has 1 rings (SSSR count). The molecule has 0 aliphatic heterocycles. The summed E-state index contributed by atoms with van der Waals surface area (Å²) in [5, 5.41) is 0. The fourth-order valence-electron chi connectivity index (χ4n) is 0.515. The first kappa shape index (κ1) is 10.1. The number of thiazole rings is 1. The fourth-order valence-corrected chi connectivity index (χ4v) is 2.20. The van der Waals surface area contributed by atoms with Crippen LogP contribution in [-0.2, 0) is 20.9 Å². The second kappa shape index (κ2) is 3.82. The van der Waals surface area contributed by atoms with Gasteiger partial charge < -0.3 is 0 Å². The summed E-state index contributed by atoms with van der Waals surface area (Å²) >= 11 is 4.50. The lowest BCUT2D eigenvalue weighted by molar-refractivity contribution is 0.315. The Hall–Kier alpha value is 0.0200. The number of hydrogen-bond acceptors (Lipinski definition) is 5. The third-order valence-electron chi connectivity index (χ3n) is 0.941. The predicted molar refractivity (Wildman–Crippen MR) is 49.4 cm³/mol. The maximum Gasteiger partial charge on any atom is 0.264 e. The van der Waals surface area contributed by atoms with Crippen molar-refractivity contribution in [3.63, 3.8) is 0 Å². The van der Waals surface area contributed by atoms with E-state index in [1.165, 1.54) is 11.3 Å². The average molecular weight is 272 g/mol. The molecule has 0 saturated carbocycles. The van der Waals surface area contributed by atoms with Crippen molar-refractivity contribution in [1.82, 2.24) is 4.98 Å². The van der Waals surface area contributed by atoms with Gasteiger partial charge in [-0.25, -0.2) is 4.98 Å². The molecule has 0 aromatic carbocycles. The Morgan fingerprint density at radius 1 is 1.75 bits per heavy atom. The zero-order valence-corrected chi connectivity index (χ0v) is 9.37.